The molecule has 1 aromatic carbocycles. The molecule has 282 valence electrons. The largest absolute Gasteiger partial charge is 0.494 e. The average Bonchev–Trinajstić information content (AvgIpc) is 3.09. The lowest BCUT2D eigenvalue weighted by molar-refractivity contribution is -0.142. The highest BCUT2D eigenvalue weighted by atomic mass is 16.5. The Morgan fingerprint density at radius 2 is 1.30 bits per heavy atom. The summed E-state index contributed by atoms with van der Waals surface area (Å²) in [6.45, 7) is 2.42. The van der Waals surface area contributed by atoms with E-state index >= 15 is 0 Å². The molecule has 0 fully saturated rings. The Bertz CT molecular complexity index is 1140. The van der Waals surface area contributed by atoms with E-state index < -0.39 is 18.0 Å². The summed E-state index contributed by atoms with van der Waals surface area (Å²) in [7, 11) is 0. The summed E-state index contributed by atoms with van der Waals surface area (Å²) in [5.41, 5.74) is 0.189. The number of hydrogen-bond acceptors (Lipinski definition) is 11. The second kappa shape index (κ2) is 29.8. The minimum Gasteiger partial charge on any atom is -0.494 e. The van der Waals surface area contributed by atoms with E-state index in [0.717, 1.165) is 38.5 Å². The summed E-state index contributed by atoms with van der Waals surface area (Å²) in [4.78, 5) is 68.8. The van der Waals surface area contributed by atoms with E-state index in [9.17, 15) is 33.9 Å². The molecule has 0 aliphatic heterocycles. The maximum absolute atomic E-state index is 12.3. The quantitative estimate of drug-likeness (QED) is 0.0518. The topological polar surface area (TPSA) is 225 Å². The molecule has 0 aromatic heterocycles. The Morgan fingerprint density at radius 1 is 0.680 bits per heavy atom. The van der Waals surface area contributed by atoms with Crippen molar-refractivity contribution in [3.05, 3.63) is 29.8 Å². The Balaban J connectivity index is 1.98. The molecular weight excluding hydrogens is 658 g/mol. The molecule has 1 aromatic rings. The molecule has 0 saturated carbocycles. The molecule has 50 heavy (non-hydrogen) atoms. The summed E-state index contributed by atoms with van der Waals surface area (Å²) in [5, 5.41) is 26.2. The van der Waals surface area contributed by atoms with Crippen LogP contribution in [-0.2, 0) is 42.9 Å². The molecule has 16 heteroatoms. The highest BCUT2D eigenvalue weighted by Gasteiger charge is 2.20. The zero-order valence-corrected chi connectivity index (χ0v) is 28.7. The van der Waals surface area contributed by atoms with Crippen molar-refractivity contribution in [1.29, 1.82) is 0 Å². The van der Waals surface area contributed by atoms with Crippen LogP contribution in [0.5, 0.6) is 5.75 Å². The van der Waals surface area contributed by atoms with Crippen LogP contribution in [0.25, 0.3) is 0 Å². The molecule has 16 nitrogen and oxygen atoms in total. The zero-order valence-electron chi connectivity index (χ0n) is 28.7. The van der Waals surface area contributed by atoms with Crippen molar-refractivity contribution in [3.63, 3.8) is 0 Å². The Morgan fingerprint density at radius 3 is 1.96 bits per heavy atom. The third-order valence-electron chi connectivity index (χ3n) is 6.99. The van der Waals surface area contributed by atoms with E-state index in [1.54, 1.807) is 12.1 Å². The van der Waals surface area contributed by atoms with Gasteiger partial charge < -0.3 is 54.6 Å². The number of nitrogens with one attached hydrogen (secondary N) is 3. The fourth-order valence-electron chi connectivity index (χ4n) is 4.38. The van der Waals surface area contributed by atoms with Gasteiger partial charge in [-0.15, -0.1) is 0 Å². The van der Waals surface area contributed by atoms with Gasteiger partial charge in [0.1, 0.15) is 31.3 Å². The van der Waals surface area contributed by atoms with Crippen molar-refractivity contribution >= 4 is 35.9 Å². The first-order chi connectivity index (χ1) is 24.2. The van der Waals surface area contributed by atoms with Crippen molar-refractivity contribution in [2.75, 3.05) is 72.6 Å². The van der Waals surface area contributed by atoms with Crippen LogP contribution in [0.1, 0.15) is 74.6 Å². The number of ether oxygens (including phenoxy) is 5. The summed E-state index contributed by atoms with van der Waals surface area (Å²) >= 11 is 0. The van der Waals surface area contributed by atoms with Crippen molar-refractivity contribution in [2.24, 2.45) is 0 Å². The number of carbonyl (C=O) groups excluding carboxylic acids is 4. The Labute approximate surface area is 292 Å². The van der Waals surface area contributed by atoms with Crippen molar-refractivity contribution in [3.8, 4) is 5.75 Å². The summed E-state index contributed by atoms with van der Waals surface area (Å²) in [6, 6.07) is 5.23. The molecule has 1 atom stereocenters. The lowest BCUT2D eigenvalue weighted by atomic mass is 10.1. The lowest BCUT2D eigenvalue weighted by Crippen LogP contribution is -2.41. The molecule has 0 aliphatic carbocycles. The van der Waals surface area contributed by atoms with Gasteiger partial charge >= 0.3 is 11.9 Å². The fraction of sp³-hybridized carbons (Fsp3) is 0.647. The van der Waals surface area contributed by atoms with Crippen molar-refractivity contribution in [1.82, 2.24) is 16.0 Å². The molecule has 3 amide bonds. The number of unbranched alkanes of at least 4 members (excludes halogenated alkanes) is 6. The van der Waals surface area contributed by atoms with Gasteiger partial charge in [-0.25, -0.2) is 9.59 Å². The van der Waals surface area contributed by atoms with Gasteiger partial charge in [-0.3, -0.25) is 14.4 Å². The van der Waals surface area contributed by atoms with E-state index in [1.807, 2.05) is 0 Å². The Kier molecular flexibility index (Phi) is 26.1. The van der Waals surface area contributed by atoms with Crippen molar-refractivity contribution in [2.45, 2.75) is 70.3 Å². The highest BCUT2D eigenvalue weighted by molar-refractivity contribution is 5.88. The molecule has 5 N–H and O–H groups in total. The van der Waals surface area contributed by atoms with E-state index in [4.69, 9.17) is 28.8 Å². The molecule has 0 radical (unpaired) electrons. The predicted octanol–water partition coefficient (Wildman–Crippen LogP) is 1.73. The van der Waals surface area contributed by atoms with Gasteiger partial charge in [0.15, 0.2) is 0 Å². The first-order valence-corrected chi connectivity index (χ1v) is 17.0. The second-order valence-electron chi connectivity index (χ2n) is 11.1. The molecule has 1 unspecified atom stereocenters. The third-order valence-corrected chi connectivity index (χ3v) is 6.99. The number of carboxylic acids is 2. The minimum atomic E-state index is -1.20. The first-order valence-electron chi connectivity index (χ1n) is 17.0. The Hall–Kier alpha value is -4.12. The van der Waals surface area contributed by atoms with Crippen molar-refractivity contribution < 1.29 is 62.7 Å². The number of hydrogen-bond donors (Lipinski definition) is 5. The van der Waals surface area contributed by atoms with Crippen LogP contribution < -0.4 is 20.7 Å². The highest BCUT2D eigenvalue weighted by Crippen LogP contribution is 2.15. The molecule has 1 rings (SSSR count). The van der Waals surface area contributed by atoms with Crippen LogP contribution in [0.3, 0.4) is 0 Å². The second-order valence-corrected chi connectivity index (χ2v) is 11.1. The number of amides is 3. The molecule has 0 heterocycles. The van der Waals surface area contributed by atoms with Gasteiger partial charge in [-0.1, -0.05) is 38.2 Å². The molecule has 0 spiro atoms. The van der Waals surface area contributed by atoms with Crippen LogP contribution in [-0.4, -0.2) is 125 Å². The normalized spacial score (nSPS) is 11.4. The van der Waals surface area contributed by atoms with Gasteiger partial charge in [-0.2, -0.15) is 0 Å². The van der Waals surface area contributed by atoms with E-state index in [-0.39, 0.29) is 82.1 Å². The summed E-state index contributed by atoms with van der Waals surface area (Å²) < 4.78 is 26.3. The average molecular weight is 712 g/mol. The van der Waals surface area contributed by atoms with Gasteiger partial charge in [0.25, 0.3) is 0 Å². The van der Waals surface area contributed by atoms with Crippen LogP contribution in [0.4, 0.5) is 0 Å². The van der Waals surface area contributed by atoms with Crippen LogP contribution in [0, 0.1) is 0 Å². The molecular formula is C34H53N3O13. The monoisotopic (exact) mass is 711 g/mol. The number of carbonyl (C=O) groups is 6. The first kappa shape index (κ1) is 43.9. The standard InChI is InChI=1S/C34H53N3O13/c38-16-20-48-22-21-46-19-15-36-32(41)26-49-24-23-47-18-14-35-30(39)13-12-29(34(44)45)37-31(40)11-6-4-2-1-3-5-7-17-50-28-10-8-9-27(25-28)33(42)43/h8-10,16,25,29H,1-7,11-15,17-24,26H2,(H,35,39)(H,36,41)(H,37,40)(H,42,43)(H,44,45). The predicted molar refractivity (Wildman–Crippen MR) is 180 cm³/mol. The van der Waals surface area contributed by atoms with Crippen LogP contribution in [0.2, 0.25) is 0 Å². The van der Waals surface area contributed by atoms with E-state index in [0.29, 0.717) is 51.4 Å². The lowest BCUT2D eigenvalue weighted by Gasteiger charge is -2.14. The zero-order chi connectivity index (χ0) is 36.7. The summed E-state index contributed by atoms with van der Waals surface area (Å²) in [6.07, 6.45) is 7.01. The van der Waals surface area contributed by atoms with Gasteiger partial charge in [0, 0.05) is 25.9 Å². The van der Waals surface area contributed by atoms with Crippen LogP contribution in [0.15, 0.2) is 24.3 Å². The van der Waals surface area contributed by atoms with E-state index in [2.05, 4.69) is 16.0 Å². The van der Waals surface area contributed by atoms with E-state index in [1.165, 1.54) is 12.1 Å². The minimum absolute atomic E-state index is 0.0237. The van der Waals surface area contributed by atoms with Gasteiger partial charge in [0.05, 0.1) is 51.8 Å². The number of rotatable bonds is 33. The number of aldehydes is 1. The maximum atomic E-state index is 12.3. The number of benzene rings is 1. The third kappa shape index (κ3) is 24.9. The number of carboxylic acid groups (broad SMARTS) is 2. The van der Waals surface area contributed by atoms with Gasteiger partial charge in [-0.05, 0) is 37.5 Å². The molecule has 0 aliphatic rings. The van der Waals surface area contributed by atoms with Gasteiger partial charge in [0.2, 0.25) is 17.7 Å². The smallest absolute Gasteiger partial charge is 0.335 e. The fourth-order valence-corrected chi connectivity index (χ4v) is 4.38. The number of aromatic carboxylic acids is 1. The maximum Gasteiger partial charge on any atom is 0.335 e. The number of aliphatic carboxylic acids is 1. The van der Waals surface area contributed by atoms with Crippen LogP contribution >= 0.6 is 0 Å². The summed E-state index contributed by atoms with van der Waals surface area (Å²) in [5.74, 6) is -2.69. The molecule has 0 bridgehead atoms. The SMILES string of the molecule is O=CCOCCOCCNC(=O)COCCOCCNC(=O)CCC(NC(=O)CCCCCCCCCOc1cccc(C(=O)O)c1)C(=O)O. The molecule has 0 saturated heterocycles.